The van der Waals surface area contributed by atoms with Gasteiger partial charge in [-0.05, 0) is 94.5 Å². The number of hydrogen-bond donors (Lipinski definition) is 6. The van der Waals surface area contributed by atoms with Gasteiger partial charge in [-0.15, -0.1) is 23.7 Å². The van der Waals surface area contributed by atoms with Gasteiger partial charge in [0.25, 0.3) is 5.91 Å². The quantitative estimate of drug-likeness (QED) is 0.0265. The number of hydrazine groups is 1. The molecule has 1 aromatic carbocycles. The average Bonchev–Trinajstić information content (AvgIpc) is 3.86. The molecule has 3 rings (SSSR count). The van der Waals surface area contributed by atoms with Crippen molar-refractivity contribution in [2.75, 3.05) is 53.1 Å². The Labute approximate surface area is 432 Å². The molecule has 1 aliphatic heterocycles. The average molecular weight is 1030 g/mol. The van der Waals surface area contributed by atoms with Gasteiger partial charge in [-0.3, -0.25) is 34.3 Å². The Kier molecular flexibility index (Phi) is 28.3. The number of aromatic hydroxyl groups is 1. The summed E-state index contributed by atoms with van der Waals surface area (Å²) in [5, 5.41) is 21.1. The number of aromatic nitrogens is 1. The minimum absolute atomic E-state index is 0.0241. The molecule has 0 bridgehead atoms. The fourth-order valence-electron chi connectivity index (χ4n) is 8.53. The number of carbonyl (C=O) groups is 6. The minimum Gasteiger partial charge on any atom is -0.508 e. The van der Waals surface area contributed by atoms with Crippen molar-refractivity contribution in [1.29, 1.82) is 0 Å². The Morgan fingerprint density at radius 3 is 2.38 bits per heavy atom. The van der Waals surface area contributed by atoms with Crippen molar-refractivity contribution < 1.29 is 48.1 Å². The molecule has 1 saturated heterocycles. The van der Waals surface area contributed by atoms with E-state index in [-0.39, 0.29) is 79.3 Å². The molecule has 6 N–H and O–H groups in total. The predicted molar refractivity (Wildman–Crippen MR) is 279 cm³/mol. The molecule has 0 saturated carbocycles. The molecule has 7 atom stereocenters. The lowest BCUT2D eigenvalue weighted by Crippen LogP contribution is -2.58. The molecule has 402 valence electrons. The summed E-state index contributed by atoms with van der Waals surface area (Å²) in [6.45, 7) is 16.3. The molecular weight excluding hydrogens is 941 g/mol. The molecule has 0 aliphatic carbocycles. The van der Waals surface area contributed by atoms with Crippen LogP contribution >= 0.6 is 11.3 Å². The van der Waals surface area contributed by atoms with E-state index >= 15 is 0 Å². The summed E-state index contributed by atoms with van der Waals surface area (Å²) in [6.07, 6.45) is 11.9. The Morgan fingerprint density at radius 1 is 0.958 bits per heavy atom. The summed E-state index contributed by atoms with van der Waals surface area (Å²) in [5.74, 6) is 0.632. The van der Waals surface area contributed by atoms with Crippen molar-refractivity contribution in [1.82, 2.24) is 41.6 Å². The number of piperidine rings is 1. The van der Waals surface area contributed by atoms with Gasteiger partial charge in [-0.1, -0.05) is 73.4 Å². The molecule has 1 aliphatic rings. The van der Waals surface area contributed by atoms with Crippen LogP contribution in [0, 0.1) is 30.1 Å². The molecule has 1 fully saturated rings. The van der Waals surface area contributed by atoms with Crippen LogP contribution in [0.5, 0.6) is 5.75 Å². The van der Waals surface area contributed by atoms with Gasteiger partial charge in [-0.25, -0.2) is 15.2 Å². The van der Waals surface area contributed by atoms with Crippen LogP contribution < -0.4 is 26.8 Å². The van der Waals surface area contributed by atoms with Gasteiger partial charge >= 0.3 is 6.09 Å². The van der Waals surface area contributed by atoms with E-state index in [0.717, 1.165) is 44.2 Å². The van der Waals surface area contributed by atoms with E-state index in [4.69, 9.17) is 25.6 Å². The highest BCUT2D eigenvalue weighted by Crippen LogP contribution is 2.32. The highest BCUT2D eigenvalue weighted by Gasteiger charge is 2.38. The third kappa shape index (κ3) is 21.4. The normalized spacial score (nSPS) is 16.2. The summed E-state index contributed by atoms with van der Waals surface area (Å²) < 4.78 is 17.0. The number of likely N-dealkylation sites (tertiary alicyclic amines) is 1. The number of amides is 6. The molecule has 2 aromatic rings. The number of nitrogens with one attached hydrogen (secondary N) is 5. The first-order valence-electron chi connectivity index (χ1n) is 26.0. The van der Waals surface area contributed by atoms with Crippen LogP contribution in [0.15, 0.2) is 29.6 Å². The standard InChI is InChI=1S/C53H84N8O10S/c1-10-14-15-19-46(63)54-26-30-69-31-32-71-53(68)59-58-48(64)38(8)33-40(23-20-39-21-24-41(62)25-22-39)55-49(65)42-35-72-51(56-42)45(70-29-12-3)34-44(36(5)6)61(27-11-2)52(67)47(37(7)13-4)57-50(66)43-18-16-17-28-60(43)9/h1,21-22,24-25,35-38,40,43-45,47,62H,11-20,23,26-34H2,2-9H3,(H,54,63)(H,55,65)(H,57,66)(H,58,64)(H,59,68)/t37-,38-,40-,43+,44+,45+,47-/m0/s1. The van der Waals surface area contributed by atoms with Gasteiger partial charge < -0.3 is 40.2 Å². The van der Waals surface area contributed by atoms with Crippen LogP contribution in [-0.4, -0.2) is 133 Å². The summed E-state index contributed by atoms with van der Waals surface area (Å²) >= 11 is 1.31. The number of rotatable bonds is 32. The topological polar surface area (TPSA) is 230 Å². The zero-order valence-corrected chi connectivity index (χ0v) is 44.9. The molecule has 1 aromatic heterocycles. The summed E-state index contributed by atoms with van der Waals surface area (Å²) in [4.78, 5) is 88.7. The van der Waals surface area contributed by atoms with Crippen LogP contribution in [0.2, 0.25) is 0 Å². The highest BCUT2D eigenvalue weighted by molar-refractivity contribution is 7.09. The van der Waals surface area contributed by atoms with Gasteiger partial charge in [0.2, 0.25) is 23.6 Å². The number of likely N-dealkylation sites (N-methyl/N-ethyl adjacent to an activating group) is 1. The van der Waals surface area contributed by atoms with E-state index in [1.54, 1.807) is 36.6 Å². The molecule has 0 unspecified atom stereocenters. The second kappa shape index (κ2) is 33.4. The summed E-state index contributed by atoms with van der Waals surface area (Å²) in [7, 11) is 1.97. The van der Waals surface area contributed by atoms with Crippen molar-refractivity contribution >= 4 is 47.0 Å². The third-order valence-corrected chi connectivity index (χ3v) is 13.9. The zero-order chi connectivity index (χ0) is 53.0. The van der Waals surface area contributed by atoms with Gasteiger partial charge in [-0.2, -0.15) is 0 Å². The Morgan fingerprint density at radius 2 is 1.71 bits per heavy atom. The SMILES string of the molecule is C#CCCCC(=O)NCCOCCOC(=O)NNC(=O)[C@@H](C)C[C@H](CCc1ccc(O)cc1)NC(=O)c1csc([C@@H](C[C@H](C(C)C)N(CCC)C(=O)[C@@H](NC(=O)[C@H]2CCCCN2C)[C@@H](C)CC)OCCC)n1. The van der Waals surface area contributed by atoms with Crippen LogP contribution in [0.4, 0.5) is 4.79 Å². The second-order valence-electron chi connectivity index (χ2n) is 19.2. The number of nitrogens with zero attached hydrogens (tertiary/aromatic N) is 3. The number of terminal acetylenes is 1. The number of unbranched alkanes of at least 4 members (excludes halogenated alkanes) is 1. The number of benzene rings is 1. The number of phenolic OH excluding ortho intramolecular Hbond substituents is 1. The third-order valence-electron chi connectivity index (χ3n) is 13.0. The first kappa shape index (κ1) is 61.0. The number of thiazole rings is 1. The summed E-state index contributed by atoms with van der Waals surface area (Å²) in [6, 6.07) is 5.05. The summed E-state index contributed by atoms with van der Waals surface area (Å²) in [5.41, 5.74) is 5.76. The van der Waals surface area contributed by atoms with Gasteiger partial charge in [0, 0.05) is 62.3 Å². The van der Waals surface area contributed by atoms with Gasteiger partial charge in [0.1, 0.15) is 35.2 Å². The number of phenols is 1. The van der Waals surface area contributed by atoms with Crippen LogP contribution in [-0.2, 0) is 39.8 Å². The van der Waals surface area contributed by atoms with Crippen LogP contribution in [0.25, 0.3) is 0 Å². The maximum absolute atomic E-state index is 14.8. The predicted octanol–water partition coefficient (Wildman–Crippen LogP) is 6.44. The van der Waals surface area contributed by atoms with Crippen molar-refractivity contribution in [3.63, 3.8) is 0 Å². The molecule has 19 heteroatoms. The van der Waals surface area contributed by atoms with E-state index < -0.39 is 42.0 Å². The zero-order valence-electron chi connectivity index (χ0n) is 44.1. The first-order valence-corrected chi connectivity index (χ1v) is 26.9. The first-order chi connectivity index (χ1) is 34.5. The lowest BCUT2D eigenvalue weighted by Gasteiger charge is -2.40. The lowest BCUT2D eigenvalue weighted by molar-refractivity contribution is -0.143. The maximum atomic E-state index is 14.8. The number of aryl methyl sites for hydroxylation is 1. The second-order valence-corrected chi connectivity index (χ2v) is 20.0. The number of carbonyl (C=O) groups excluding carboxylic acids is 6. The molecule has 0 radical (unpaired) electrons. The van der Waals surface area contributed by atoms with Crippen molar-refractivity contribution in [3.8, 4) is 18.1 Å². The molecule has 18 nitrogen and oxygen atoms in total. The fourth-order valence-corrected chi connectivity index (χ4v) is 9.39. The lowest BCUT2D eigenvalue weighted by atomic mass is 9.92. The molecular formula is C53H84N8O10S. The van der Waals surface area contributed by atoms with Crippen LogP contribution in [0.1, 0.15) is 153 Å². The van der Waals surface area contributed by atoms with Crippen molar-refractivity contribution in [2.45, 2.75) is 162 Å². The van der Waals surface area contributed by atoms with E-state index in [0.29, 0.717) is 69.6 Å². The molecule has 2 heterocycles. The maximum Gasteiger partial charge on any atom is 0.426 e. The van der Waals surface area contributed by atoms with Crippen LogP contribution in [0.3, 0.4) is 0 Å². The Balaban J connectivity index is 1.71. The highest BCUT2D eigenvalue weighted by atomic mass is 32.1. The molecule has 72 heavy (non-hydrogen) atoms. The van der Waals surface area contributed by atoms with Crippen molar-refractivity contribution in [3.05, 3.63) is 45.9 Å². The number of ether oxygens (including phenoxy) is 3. The van der Waals surface area contributed by atoms with Gasteiger partial charge in [0.05, 0.1) is 19.3 Å². The molecule has 0 spiro atoms. The number of hydrogen-bond acceptors (Lipinski definition) is 13. The van der Waals surface area contributed by atoms with E-state index in [1.807, 2.05) is 39.6 Å². The van der Waals surface area contributed by atoms with Crippen molar-refractivity contribution in [2.24, 2.45) is 17.8 Å². The Hall–Kier alpha value is -5.29. The molecule has 6 amide bonds. The Bertz CT molecular complexity index is 2010. The van der Waals surface area contributed by atoms with E-state index in [2.05, 4.69) is 51.5 Å². The van der Waals surface area contributed by atoms with E-state index in [9.17, 15) is 33.9 Å². The monoisotopic (exact) mass is 1020 g/mol. The van der Waals surface area contributed by atoms with E-state index in [1.165, 1.54) is 11.3 Å². The fraction of sp³-hybridized carbons (Fsp3) is 0.679. The smallest absolute Gasteiger partial charge is 0.426 e. The van der Waals surface area contributed by atoms with Gasteiger partial charge in [0.15, 0.2) is 0 Å². The largest absolute Gasteiger partial charge is 0.508 e. The minimum atomic E-state index is -0.884.